The first-order chi connectivity index (χ1) is 7.33. The topological polar surface area (TPSA) is 29.3 Å². The van der Waals surface area contributed by atoms with Crippen LogP contribution in [0.2, 0.25) is 0 Å². The Morgan fingerprint density at radius 1 is 1.13 bits per heavy atom. The van der Waals surface area contributed by atoms with Gasteiger partial charge in [-0.05, 0) is 56.5 Å². The van der Waals surface area contributed by atoms with E-state index in [-0.39, 0.29) is 0 Å². The Bertz CT molecular complexity index is 235. The number of rotatable bonds is 3. The Hall–Kier alpha value is -0.0800. The molecule has 0 spiro atoms. The molecule has 3 rings (SSSR count). The Kier molecular flexibility index (Phi) is 2.52. The van der Waals surface area contributed by atoms with Crippen LogP contribution >= 0.6 is 0 Å². The third kappa shape index (κ3) is 1.83. The molecule has 0 bridgehead atoms. The van der Waals surface area contributed by atoms with Crippen LogP contribution in [0.1, 0.15) is 44.9 Å². The monoisotopic (exact) mass is 208 g/mol. The Morgan fingerprint density at radius 2 is 1.93 bits per heavy atom. The van der Waals surface area contributed by atoms with E-state index in [1.54, 1.807) is 0 Å². The second-order valence-corrected chi connectivity index (χ2v) is 6.08. The maximum Gasteiger partial charge on any atom is 0.0124 e. The summed E-state index contributed by atoms with van der Waals surface area (Å²) in [5.74, 6) is 1.03. The number of hydrogen-bond donors (Lipinski definition) is 1. The molecular formula is C13H24N2. The molecule has 0 aromatic heterocycles. The van der Waals surface area contributed by atoms with Crippen molar-refractivity contribution < 1.29 is 0 Å². The van der Waals surface area contributed by atoms with Crippen LogP contribution in [0.15, 0.2) is 0 Å². The summed E-state index contributed by atoms with van der Waals surface area (Å²) in [6.45, 7) is 3.59. The van der Waals surface area contributed by atoms with E-state index in [9.17, 15) is 0 Å². The van der Waals surface area contributed by atoms with Crippen LogP contribution < -0.4 is 5.73 Å². The zero-order valence-corrected chi connectivity index (χ0v) is 9.75. The normalized spacial score (nSPS) is 39.0. The minimum atomic E-state index is 0.548. The molecular weight excluding hydrogens is 184 g/mol. The molecule has 3 fully saturated rings. The molecule has 2 atom stereocenters. The zero-order valence-electron chi connectivity index (χ0n) is 9.75. The van der Waals surface area contributed by atoms with E-state index in [1.807, 2.05) is 0 Å². The standard InChI is InChI=1S/C13H24N2/c14-9-13(6-7-13)10-15-8-5-11-3-1-2-4-12(11)15/h11-12H,1-10,14H2. The first kappa shape index (κ1) is 10.1. The highest BCUT2D eigenvalue weighted by molar-refractivity contribution is 5.00. The van der Waals surface area contributed by atoms with E-state index < -0.39 is 0 Å². The van der Waals surface area contributed by atoms with Crippen molar-refractivity contribution in [2.75, 3.05) is 19.6 Å². The maximum atomic E-state index is 5.89. The summed E-state index contributed by atoms with van der Waals surface area (Å²) in [5, 5.41) is 0. The van der Waals surface area contributed by atoms with Crippen molar-refractivity contribution in [3.05, 3.63) is 0 Å². The Labute approximate surface area is 93.2 Å². The predicted octanol–water partition coefficient (Wildman–Crippen LogP) is 1.99. The van der Waals surface area contributed by atoms with Gasteiger partial charge in [-0.3, -0.25) is 4.90 Å². The predicted molar refractivity (Wildman–Crippen MR) is 62.7 cm³/mol. The summed E-state index contributed by atoms with van der Waals surface area (Å²) in [5.41, 5.74) is 6.44. The van der Waals surface area contributed by atoms with Crippen molar-refractivity contribution in [2.45, 2.75) is 51.0 Å². The highest BCUT2D eigenvalue weighted by atomic mass is 15.2. The lowest BCUT2D eigenvalue weighted by Crippen LogP contribution is -2.40. The molecule has 2 heteroatoms. The van der Waals surface area contributed by atoms with E-state index in [2.05, 4.69) is 4.90 Å². The third-order valence-electron chi connectivity index (χ3n) is 5.05. The highest BCUT2D eigenvalue weighted by Crippen LogP contribution is 2.47. The Balaban J connectivity index is 1.62. The van der Waals surface area contributed by atoms with E-state index in [1.165, 1.54) is 58.0 Å². The van der Waals surface area contributed by atoms with E-state index in [0.29, 0.717) is 5.41 Å². The Morgan fingerprint density at radius 3 is 2.67 bits per heavy atom. The second kappa shape index (κ2) is 3.74. The first-order valence-electron chi connectivity index (χ1n) is 6.77. The molecule has 2 unspecified atom stereocenters. The van der Waals surface area contributed by atoms with Gasteiger partial charge in [0.1, 0.15) is 0 Å². The van der Waals surface area contributed by atoms with Gasteiger partial charge in [0, 0.05) is 12.6 Å². The fourth-order valence-corrected chi connectivity index (χ4v) is 3.73. The van der Waals surface area contributed by atoms with Crippen molar-refractivity contribution in [1.82, 2.24) is 4.90 Å². The van der Waals surface area contributed by atoms with Crippen molar-refractivity contribution in [1.29, 1.82) is 0 Å². The molecule has 1 heterocycles. The van der Waals surface area contributed by atoms with Crippen molar-refractivity contribution in [3.8, 4) is 0 Å². The van der Waals surface area contributed by atoms with Crippen LogP contribution in [0.3, 0.4) is 0 Å². The van der Waals surface area contributed by atoms with E-state index >= 15 is 0 Å². The van der Waals surface area contributed by atoms with Crippen molar-refractivity contribution in [2.24, 2.45) is 17.1 Å². The minimum Gasteiger partial charge on any atom is -0.330 e. The van der Waals surface area contributed by atoms with Crippen LogP contribution in [0.5, 0.6) is 0 Å². The lowest BCUT2D eigenvalue weighted by Gasteiger charge is -2.33. The van der Waals surface area contributed by atoms with Gasteiger partial charge in [0.15, 0.2) is 0 Å². The van der Waals surface area contributed by atoms with E-state index in [4.69, 9.17) is 5.73 Å². The largest absolute Gasteiger partial charge is 0.330 e. The summed E-state index contributed by atoms with van der Waals surface area (Å²) < 4.78 is 0. The van der Waals surface area contributed by atoms with Crippen molar-refractivity contribution >= 4 is 0 Å². The van der Waals surface area contributed by atoms with Gasteiger partial charge in [0.25, 0.3) is 0 Å². The summed E-state index contributed by atoms with van der Waals surface area (Å²) in [6.07, 6.45) is 10.1. The van der Waals surface area contributed by atoms with Gasteiger partial charge in [-0.25, -0.2) is 0 Å². The average Bonchev–Trinajstić information content (AvgIpc) is 2.95. The van der Waals surface area contributed by atoms with Crippen LogP contribution in [0.4, 0.5) is 0 Å². The van der Waals surface area contributed by atoms with Gasteiger partial charge < -0.3 is 5.73 Å². The first-order valence-corrected chi connectivity index (χ1v) is 6.77. The van der Waals surface area contributed by atoms with Gasteiger partial charge in [-0.1, -0.05) is 12.8 Å². The molecule has 2 nitrogen and oxygen atoms in total. The molecule has 0 aromatic carbocycles. The highest BCUT2D eigenvalue weighted by Gasteiger charge is 2.46. The summed E-state index contributed by atoms with van der Waals surface area (Å²) >= 11 is 0. The molecule has 3 aliphatic rings. The lowest BCUT2D eigenvalue weighted by atomic mass is 9.85. The number of fused-ring (bicyclic) bond motifs is 1. The minimum absolute atomic E-state index is 0.548. The maximum absolute atomic E-state index is 5.89. The number of nitrogens with two attached hydrogens (primary N) is 1. The van der Waals surface area contributed by atoms with Gasteiger partial charge in [0.2, 0.25) is 0 Å². The fraction of sp³-hybridized carbons (Fsp3) is 1.00. The molecule has 0 radical (unpaired) electrons. The van der Waals surface area contributed by atoms with Crippen molar-refractivity contribution in [3.63, 3.8) is 0 Å². The second-order valence-electron chi connectivity index (χ2n) is 6.08. The lowest BCUT2D eigenvalue weighted by molar-refractivity contribution is 0.154. The van der Waals surface area contributed by atoms with Crippen LogP contribution in [0, 0.1) is 11.3 Å². The van der Waals surface area contributed by atoms with Gasteiger partial charge in [-0.2, -0.15) is 0 Å². The molecule has 15 heavy (non-hydrogen) atoms. The third-order valence-corrected chi connectivity index (χ3v) is 5.05. The molecule has 0 aromatic rings. The number of likely N-dealkylation sites (tertiary alicyclic amines) is 1. The van der Waals surface area contributed by atoms with Gasteiger partial charge in [0.05, 0.1) is 0 Å². The molecule has 0 amide bonds. The van der Waals surface area contributed by atoms with Gasteiger partial charge in [-0.15, -0.1) is 0 Å². The quantitative estimate of drug-likeness (QED) is 0.768. The summed E-state index contributed by atoms with van der Waals surface area (Å²) in [6, 6.07) is 0.933. The molecule has 2 N–H and O–H groups in total. The number of hydrogen-bond acceptors (Lipinski definition) is 2. The molecule has 86 valence electrons. The van der Waals surface area contributed by atoms with Crippen LogP contribution in [-0.4, -0.2) is 30.6 Å². The SMILES string of the molecule is NCC1(CN2CCC3CCCCC32)CC1. The fourth-order valence-electron chi connectivity index (χ4n) is 3.73. The zero-order chi connectivity index (χ0) is 10.3. The molecule has 2 aliphatic carbocycles. The summed E-state index contributed by atoms with van der Waals surface area (Å²) in [7, 11) is 0. The molecule has 1 aliphatic heterocycles. The van der Waals surface area contributed by atoms with E-state index in [0.717, 1.165) is 18.5 Å². The van der Waals surface area contributed by atoms with Crippen LogP contribution in [-0.2, 0) is 0 Å². The molecule has 2 saturated carbocycles. The summed E-state index contributed by atoms with van der Waals surface area (Å²) in [4.78, 5) is 2.78. The average molecular weight is 208 g/mol. The molecule has 1 saturated heterocycles. The van der Waals surface area contributed by atoms with Gasteiger partial charge >= 0.3 is 0 Å². The number of nitrogens with zero attached hydrogens (tertiary/aromatic N) is 1. The smallest absolute Gasteiger partial charge is 0.0124 e. The van der Waals surface area contributed by atoms with Crippen LogP contribution in [0.25, 0.3) is 0 Å².